The first-order valence-corrected chi connectivity index (χ1v) is 8.04. The predicted molar refractivity (Wildman–Crippen MR) is 88.0 cm³/mol. The quantitative estimate of drug-likeness (QED) is 0.788. The Morgan fingerprint density at radius 2 is 1.95 bits per heavy atom. The summed E-state index contributed by atoms with van der Waals surface area (Å²) >= 11 is 6.94. The van der Waals surface area contributed by atoms with Gasteiger partial charge in [0.05, 0.1) is 8.95 Å². The number of nitrogens with two attached hydrogens (primary N) is 1. The number of benzene rings is 1. The Morgan fingerprint density at radius 3 is 2.40 bits per heavy atom. The minimum atomic E-state index is -0.0500. The lowest BCUT2D eigenvalue weighted by Gasteiger charge is -2.17. The Balaban J connectivity index is 2.79. The maximum atomic E-state index is 11.7. The SMILES string of the molecule is CCN(C)C(=O)COc1c(Br)cc(CC(C)N)cc1Br. The van der Waals surface area contributed by atoms with Gasteiger partial charge in [0.2, 0.25) is 0 Å². The van der Waals surface area contributed by atoms with E-state index >= 15 is 0 Å². The average Bonchev–Trinajstić information content (AvgIpc) is 2.35. The molecular weight excluding hydrogens is 388 g/mol. The first-order valence-electron chi connectivity index (χ1n) is 6.45. The maximum Gasteiger partial charge on any atom is 0.260 e. The number of likely N-dealkylation sites (N-methyl/N-ethyl adjacent to an activating group) is 1. The molecule has 0 saturated carbocycles. The highest BCUT2D eigenvalue weighted by atomic mass is 79.9. The summed E-state index contributed by atoms with van der Waals surface area (Å²) in [6, 6.07) is 4.04. The fourth-order valence-corrected chi connectivity index (χ4v) is 3.17. The molecular formula is C14H20Br2N2O2. The molecule has 1 rings (SSSR count). The van der Waals surface area contributed by atoms with Crippen molar-refractivity contribution in [3.05, 3.63) is 26.6 Å². The molecule has 0 saturated heterocycles. The molecule has 0 spiro atoms. The average molecular weight is 408 g/mol. The Labute approximate surface area is 136 Å². The lowest BCUT2D eigenvalue weighted by Crippen LogP contribution is -2.31. The van der Waals surface area contributed by atoms with Crippen molar-refractivity contribution in [3.63, 3.8) is 0 Å². The van der Waals surface area contributed by atoms with Crippen molar-refractivity contribution in [1.82, 2.24) is 4.90 Å². The molecule has 0 radical (unpaired) electrons. The van der Waals surface area contributed by atoms with Gasteiger partial charge in [-0.05, 0) is 69.8 Å². The Bertz CT molecular complexity index is 455. The third kappa shape index (κ3) is 5.07. The fraction of sp³-hybridized carbons (Fsp3) is 0.500. The standard InChI is InChI=1S/C14H20Br2N2O2/c1-4-18(3)13(19)8-20-14-11(15)6-10(5-9(2)17)7-12(14)16/h6-7,9H,4-5,8,17H2,1-3H3. The van der Waals surface area contributed by atoms with Gasteiger partial charge in [-0.15, -0.1) is 0 Å². The summed E-state index contributed by atoms with van der Waals surface area (Å²) in [4.78, 5) is 13.4. The van der Waals surface area contributed by atoms with Gasteiger partial charge in [0.25, 0.3) is 5.91 Å². The lowest BCUT2D eigenvalue weighted by atomic mass is 10.1. The van der Waals surface area contributed by atoms with E-state index in [2.05, 4.69) is 31.9 Å². The van der Waals surface area contributed by atoms with E-state index in [-0.39, 0.29) is 18.6 Å². The van der Waals surface area contributed by atoms with Crippen LogP contribution in [0.1, 0.15) is 19.4 Å². The summed E-state index contributed by atoms with van der Waals surface area (Å²) in [5.41, 5.74) is 6.91. The summed E-state index contributed by atoms with van der Waals surface area (Å²) in [5.74, 6) is 0.585. The van der Waals surface area contributed by atoms with E-state index in [9.17, 15) is 4.79 Å². The van der Waals surface area contributed by atoms with E-state index in [1.54, 1.807) is 11.9 Å². The Hall–Kier alpha value is -0.590. The van der Waals surface area contributed by atoms with E-state index in [1.165, 1.54) is 0 Å². The summed E-state index contributed by atoms with van der Waals surface area (Å²) in [6.45, 7) is 4.57. The summed E-state index contributed by atoms with van der Waals surface area (Å²) < 4.78 is 7.22. The van der Waals surface area contributed by atoms with Gasteiger partial charge in [0.1, 0.15) is 5.75 Å². The van der Waals surface area contributed by atoms with Gasteiger partial charge in [0.15, 0.2) is 6.61 Å². The van der Waals surface area contributed by atoms with Crippen LogP contribution < -0.4 is 10.5 Å². The van der Waals surface area contributed by atoms with E-state index in [0.717, 1.165) is 20.9 Å². The van der Waals surface area contributed by atoms with Crippen molar-refractivity contribution in [2.24, 2.45) is 5.73 Å². The number of ether oxygens (including phenoxy) is 1. The second kappa shape index (κ2) is 8.00. The molecule has 0 aliphatic heterocycles. The molecule has 1 unspecified atom stereocenters. The molecule has 1 amide bonds. The molecule has 4 nitrogen and oxygen atoms in total. The monoisotopic (exact) mass is 406 g/mol. The normalized spacial score (nSPS) is 12.1. The molecule has 6 heteroatoms. The van der Waals surface area contributed by atoms with Crippen molar-refractivity contribution < 1.29 is 9.53 Å². The number of amides is 1. The van der Waals surface area contributed by atoms with E-state index in [4.69, 9.17) is 10.5 Å². The van der Waals surface area contributed by atoms with Gasteiger partial charge in [-0.2, -0.15) is 0 Å². The zero-order chi connectivity index (χ0) is 15.3. The van der Waals surface area contributed by atoms with Gasteiger partial charge >= 0.3 is 0 Å². The molecule has 20 heavy (non-hydrogen) atoms. The Morgan fingerprint density at radius 1 is 1.40 bits per heavy atom. The lowest BCUT2D eigenvalue weighted by molar-refractivity contribution is -0.131. The topological polar surface area (TPSA) is 55.6 Å². The van der Waals surface area contributed by atoms with E-state index in [0.29, 0.717) is 12.3 Å². The molecule has 0 fully saturated rings. The van der Waals surface area contributed by atoms with E-state index < -0.39 is 0 Å². The number of hydrogen-bond donors (Lipinski definition) is 1. The molecule has 0 aliphatic carbocycles. The molecule has 1 aromatic rings. The zero-order valence-electron chi connectivity index (χ0n) is 12.0. The number of hydrogen-bond acceptors (Lipinski definition) is 3. The first kappa shape index (κ1) is 17.5. The minimum absolute atomic E-state index is 0.0220. The van der Waals surface area contributed by atoms with Gasteiger partial charge in [-0.1, -0.05) is 0 Å². The molecule has 0 heterocycles. The molecule has 2 N–H and O–H groups in total. The summed E-state index contributed by atoms with van der Waals surface area (Å²) in [5, 5.41) is 0. The van der Waals surface area contributed by atoms with E-state index in [1.807, 2.05) is 26.0 Å². The van der Waals surface area contributed by atoms with Crippen LogP contribution in [0.2, 0.25) is 0 Å². The van der Waals surface area contributed by atoms with Gasteiger partial charge in [-0.3, -0.25) is 4.79 Å². The largest absolute Gasteiger partial charge is 0.481 e. The smallest absolute Gasteiger partial charge is 0.260 e. The summed E-state index contributed by atoms with van der Waals surface area (Å²) in [6.07, 6.45) is 0.787. The number of carbonyl (C=O) groups excluding carboxylic acids is 1. The van der Waals surface area contributed by atoms with Crippen LogP contribution in [0.5, 0.6) is 5.75 Å². The van der Waals surface area contributed by atoms with Crippen molar-refractivity contribution in [3.8, 4) is 5.75 Å². The first-order chi connectivity index (χ1) is 9.35. The van der Waals surface area contributed by atoms with Crippen molar-refractivity contribution >= 4 is 37.8 Å². The zero-order valence-corrected chi connectivity index (χ0v) is 15.1. The minimum Gasteiger partial charge on any atom is -0.481 e. The number of rotatable bonds is 6. The maximum absolute atomic E-state index is 11.7. The van der Waals surface area contributed by atoms with Gasteiger partial charge < -0.3 is 15.4 Å². The van der Waals surface area contributed by atoms with Crippen molar-refractivity contribution in [2.75, 3.05) is 20.2 Å². The highest BCUT2D eigenvalue weighted by molar-refractivity contribution is 9.11. The van der Waals surface area contributed by atoms with Crippen LogP contribution in [-0.2, 0) is 11.2 Å². The van der Waals surface area contributed by atoms with Gasteiger partial charge in [0, 0.05) is 19.6 Å². The molecule has 0 aliphatic rings. The van der Waals surface area contributed by atoms with Crippen LogP contribution in [0.25, 0.3) is 0 Å². The fourth-order valence-electron chi connectivity index (χ4n) is 1.66. The Kier molecular flexibility index (Phi) is 6.99. The number of nitrogens with zero attached hydrogens (tertiary/aromatic N) is 1. The molecule has 112 valence electrons. The molecule has 1 aromatic carbocycles. The van der Waals surface area contributed by atoms with Crippen LogP contribution in [0.3, 0.4) is 0 Å². The summed E-state index contributed by atoms with van der Waals surface area (Å²) in [7, 11) is 1.75. The highest BCUT2D eigenvalue weighted by Gasteiger charge is 2.13. The van der Waals surface area contributed by atoms with Crippen molar-refractivity contribution in [1.29, 1.82) is 0 Å². The van der Waals surface area contributed by atoms with Crippen LogP contribution >= 0.6 is 31.9 Å². The second-order valence-corrected chi connectivity index (χ2v) is 6.48. The number of halogens is 2. The molecule has 1 atom stereocenters. The number of carbonyl (C=O) groups is 1. The molecule has 0 bridgehead atoms. The third-order valence-corrected chi connectivity index (χ3v) is 4.03. The van der Waals surface area contributed by atoms with Crippen LogP contribution in [0.15, 0.2) is 21.1 Å². The predicted octanol–water partition coefficient (Wildman–Crippen LogP) is 2.96. The van der Waals surface area contributed by atoms with Crippen LogP contribution in [0.4, 0.5) is 0 Å². The highest BCUT2D eigenvalue weighted by Crippen LogP contribution is 2.35. The van der Waals surface area contributed by atoms with Crippen LogP contribution in [0, 0.1) is 0 Å². The van der Waals surface area contributed by atoms with Gasteiger partial charge in [-0.25, -0.2) is 0 Å². The van der Waals surface area contributed by atoms with Crippen molar-refractivity contribution in [2.45, 2.75) is 26.3 Å². The molecule has 0 aromatic heterocycles. The second-order valence-electron chi connectivity index (χ2n) is 4.77. The van der Waals surface area contributed by atoms with Crippen LogP contribution in [-0.4, -0.2) is 37.0 Å². The third-order valence-electron chi connectivity index (χ3n) is 2.86.